The molecule has 2 aromatic carbocycles. The number of benzene rings is 2. The predicted molar refractivity (Wildman–Crippen MR) is 88.5 cm³/mol. The normalized spacial score (nSPS) is 14.9. The van der Waals surface area contributed by atoms with Crippen LogP contribution in [-0.4, -0.2) is 18.6 Å². The first kappa shape index (κ1) is 14.6. The van der Waals surface area contributed by atoms with Crippen LogP contribution < -0.4 is 9.64 Å². The van der Waals surface area contributed by atoms with E-state index in [1.807, 2.05) is 68.1 Å². The third-order valence-electron chi connectivity index (χ3n) is 4.18. The van der Waals surface area contributed by atoms with Crippen molar-refractivity contribution in [1.29, 1.82) is 0 Å². The van der Waals surface area contributed by atoms with E-state index in [0.29, 0.717) is 13.0 Å². The molecule has 0 radical (unpaired) electrons. The van der Waals surface area contributed by atoms with E-state index < -0.39 is 0 Å². The quantitative estimate of drug-likeness (QED) is 0.861. The fourth-order valence-corrected chi connectivity index (χ4v) is 3.07. The number of para-hydroxylation sites is 2. The zero-order valence-electron chi connectivity index (χ0n) is 13.3. The molecular weight excluding hydrogens is 274 g/mol. The molecule has 22 heavy (non-hydrogen) atoms. The summed E-state index contributed by atoms with van der Waals surface area (Å²) in [7, 11) is 0. The highest BCUT2D eigenvalue weighted by Crippen LogP contribution is 2.31. The van der Waals surface area contributed by atoms with Crippen molar-refractivity contribution < 1.29 is 9.53 Å². The molecule has 0 N–H and O–H groups in total. The van der Waals surface area contributed by atoms with Crippen molar-refractivity contribution in [2.45, 2.75) is 33.2 Å². The summed E-state index contributed by atoms with van der Waals surface area (Å²) < 4.78 is 6.01. The Bertz CT molecular complexity index is 688. The maximum absolute atomic E-state index is 12.3. The van der Waals surface area contributed by atoms with Gasteiger partial charge in [0.25, 0.3) is 0 Å². The molecule has 0 fully saturated rings. The Balaban J connectivity index is 1.75. The Morgan fingerprint density at radius 3 is 2.50 bits per heavy atom. The van der Waals surface area contributed by atoms with Crippen molar-refractivity contribution in [3.8, 4) is 5.75 Å². The minimum atomic E-state index is 0.00940. The van der Waals surface area contributed by atoms with E-state index in [-0.39, 0.29) is 11.9 Å². The lowest BCUT2D eigenvalue weighted by Gasteiger charge is -2.26. The number of carbonyl (C=O) groups is 1. The summed E-state index contributed by atoms with van der Waals surface area (Å²) in [6.07, 6.45) is 0.490. The monoisotopic (exact) mass is 295 g/mol. The van der Waals surface area contributed by atoms with Gasteiger partial charge in [-0.2, -0.15) is 0 Å². The number of rotatable bonds is 4. The predicted octanol–water partition coefficient (Wildman–Crippen LogP) is 3.66. The second-order valence-electron chi connectivity index (χ2n) is 5.95. The minimum Gasteiger partial charge on any atom is -0.491 e. The van der Waals surface area contributed by atoms with Crippen LogP contribution >= 0.6 is 0 Å². The first-order valence-electron chi connectivity index (χ1n) is 7.67. The van der Waals surface area contributed by atoms with Gasteiger partial charge in [0.15, 0.2) is 0 Å². The maximum Gasteiger partial charge on any atom is 0.231 e. The molecule has 0 aromatic heterocycles. The highest BCUT2D eigenvalue weighted by atomic mass is 16.5. The highest BCUT2D eigenvalue weighted by Gasteiger charge is 2.30. The van der Waals surface area contributed by atoms with Gasteiger partial charge in [-0.15, -0.1) is 0 Å². The largest absolute Gasteiger partial charge is 0.491 e. The first-order chi connectivity index (χ1) is 10.6. The van der Waals surface area contributed by atoms with Gasteiger partial charge in [-0.25, -0.2) is 0 Å². The Labute approximate surface area is 131 Å². The molecule has 0 bridgehead atoms. The van der Waals surface area contributed by atoms with Crippen molar-refractivity contribution in [3.05, 3.63) is 59.2 Å². The maximum atomic E-state index is 12.3. The van der Waals surface area contributed by atoms with Gasteiger partial charge >= 0.3 is 0 Å². The van der Waals surface area contributed by atoms with E-state index >= 15 is 0 Å². The molecule has 0 spiro atoms. The number of hydrogen-bond acceptors (Lipinski definition) is 2. The average Bonchev–Trinajstić information content (AvgIpc) is 2.82. The standard InChI is InChI=1S/C19H21NO2/c1-13-7-6-8-14(2)19(13)22-12-15(3)20-17-10-5-4-9-16(17)11-18(20)21/h4-10,15H,11-12H2,1-3H3. The summed E-state index contributed by atoms with van der Waals surface area (Å²) >= 11 is 0. The number of ether oxygens (including phenoxy) is 1. The summed E-state index contributed by atoms with van der Waals surface area (Å²) in [6, 6.07) is 14.1. The van der Waals surface area contributed by atoms with Crippen molar-refractivity contribution >= 4 is 11.6 Å². The Morgan fingerprint density at radius 1 is 1.09 bits per heavy atom. The van der Waals surface area contributed by atoms with Gasteiger partial charge in [-0.05, 0) is 43.5 Å². The molecule has 1 unspecified atom stereocenters. The first-order valence-corrected chi connectivity index (χ1v) is 7.67. The van der Waals surface area contributed by atoms with E-state index in [1.54, 1.807) is 0 Å². The summed E-state index contributed by atoms with van der Waals surface area (Å²) in [4.78, 5) is 14.2. The van der Waals surface area contributed by atoms with E-state index in [1.165, 1.54) is 0 Å². The van der Waals surface area contributed by atoms with Gasteiger partial charge in [0.2, 0.25) is 5.91 Å². The molecule has 1 aliphatic heterocycles. The van der Waals surface area contributed by atoms with Crippen LogP contribution in [0.25, 0.3) is 0 Å². The summed E-state index contributed by atoms with van der Waals surface area (Å²) in [6.45, 7) is 6.62. The van der Waals surface area contributed by atoms with Gasteiger partial charge in [-0.3, -0.25) is 4.79 Å². The van der Waals surface area contributed by atoms with Crippen LogP contribution in [0.4, 0.5) is 5.69 Å². The van der Waals surface area contributed by atoms with Gasteiger partial charge < -0.3 is 9.64 Å². The molecular formula is C19H21NO2. The number of hydrogen-bond donors (Lipinski definition) is 0. The van der Waals surface area contributed by atoms with Crippen LogP contribution in [0.2, 0.25) is 0 Å². The van der Waals surface area contributed by atoms with Gasteiger partial charge in [0, 0.05) is 5.69 Å². The van der Waals surface area contributed by atoms with Crippen molar-refractivity contribution in [3.63, 3.8) is 0 Å². The molecule has 114 valence electrons. The zero-order valence-corrected chi connectivity index (χ0v) is 13.3. The van der Waals surface area contributed by atoms with Crippen molar-refractivity contribution in [2.24, 2.45) is 0 Å². The molecule has 3 heteroatoms. The topological polar surface area (TPSA) is 29.5 Å². The molecule has 3 nitrogen and oxygen atoms in total. The fraction of sp³-hybridized carbons (Fsp3) is 0.316. The highest BCUT2D eigenvalue weighted by molar-refractivity contribution is 6.01. The number of fused-ring (bicyclic) bond motifs is 1. The average molecular weight is 295 g/mol. The fourth-order valence-electron chi connectivity index (χ4n) is 3.07. The molecule has 1 amide bonds. The number of amides is 1. The number of anilines is 1. The summed E-state index contributed by atoms with van der Waals surface area (Å²) in [5.74, 6) is 1.08. The van der Waals surface area contributed by atoms with Crippen LogP contribution in [0, 0.1) is 13.8 Å². The van der Waals surface area contributed by atoms with E-state index in [2.05, 4.69) is 0 Å². The van der Waals surface area contributed by atoms with Crippen LogP contribution in [0.3, 0.4) is 0 Å². The molecule has 2 aromatic rings. The summed E-state index contributed by atoms with van der Waals surface area (Å²) in [5, 5.41) is 0. The lowest BCUT2D eigenvalue weighted by atomic mass is 10.1. The van der Waals surface area contributed by atoms with E-state index in [9.17, 15) is 4.79 Å². The van der Waals surface area contributed by atoms with Gasteiger partial charge in [0.1, 0.15) is 12.4 Å². The smallest absolute Gasteiger partial charge is 0.231 e. The molecule has 1 atom stereocenters. The Hall–Kier alpha value is -2.29. The molecule has 0 saturated heterocycles. The van der Waals surface area contributed by atoms with Crippen LogP contribution in [0.5, 0.6) is 5.75 Å². The van der Waals surface area contributed by atoms with Gasteiger partial charge in [0.05, 0.1) is 12.5 Å². The zero-order chi connectivity index (χ0) is 15.7. The molecule has 0 saturated carbocycles. The summed E-state index contributed by atoms with van der Waals surface area (Å²) in [5.41, 5.74) is 4.37. The molecule has 0 aliphatic carbocycles. The number of carbonyl (C=O) groups excluding carboxylic acids is 1. The molecule has 1 aliphatic rings. The second kappa shape index (κ2) is 5.84. The minimum absolute atomic E-state index is 0.00940. The Morgan fingerprint density at radius 2 is 1.77 bits per heavy atom. The van der Waals surface area contributed by atoms with Crippen LogP contribution in [0.15, 0.2) is 42.5 Å². The van der Waals surface area contributed by atoms with Gasteiger partial charge in [-0.1, -0.05) is 36.4 Å². The van der Waals surface area contributed by atoms with Crippen LogP contribution in [-0.2, 0) is 11.2 Å². The lowest BCUT2D eigenvalue weighted by molar-refractivity contribution is -0.117. The van der Waals surface area contributed by atoms with Crippen LogP contribution in [0.1, 0.15) is 23.6 Å². The van der Waals surface area contributed by atoms with Crippen molar-refractivity contribution in [2.75, 3.05) is 11.5 Å². The second-order valence-corrected chi connectivity index (χ2v) is 5.95. The van der Waals surface area contributed by atoms with E-state index in [4.69, 9.17) is 4.74 Å². The number of aryl methyl sites for hydroxylation is 2. The lowest BCUT2D eigenvalue weighted by Crippen LogP contribution is -2.39. The van der Waals surface area contributed by atoms with Crippen molar-refractivity contribution in [1.82, 2.24) is 0 Å². The van der Waals surface area contributed by atoms with E-state index in [0.717, 1.165) is 28.1 Å². The Kier molecular flexibility index (Phi) is 3.88. The SMILES string of the molecule is Cc1cccc(C)c1OCC(C)N1C(=O)Cc2ccccc21. The number of nitrogens with zero attached hydrogens (tertiary/aromatic N) is 1. The molecule has 1 heterocycles. The molecule has 3 rings (SSSR count). The third kappa shape index (κ3) is 2.59. The third-order valence-corrected chi connectivity index (χ3v) is 4.18.